The lowest BCUT2D eigenvalue weighted by Crippen LogP contribution is -2.51. The number of aryl methyl sites for hydroxylation is 2. The van der Waals surface area contributed by atoms with Gasteiger partial charge in [0.05, 0.1) is 33.1 Å². The molecule has 6 rings (SSSR count). The van der Waals surface area contributed by atoms with Gasteiger partial charge in [-0.2, -0.15) is 0 Å². The van der Waals surface area contributed by atoms with Gasteiger partial charge in [0.2, 0.25) is 17.1 Å². The molecule has 3 aromatic rings. The van der Waals surface area contributed by atoms with Crippen molar-refractivity contribution in [3.05, 3.63) is 81.0 Å². The summed E-state index contributed by atoms with van der Waals surface area (Å²) in [6.07, 6.45) is 7.05. The van der Waals surface area contributed by atoms with Crippen LogP contribution in [0.15, 0.2) is 53.3 Å². The van der Waals surface area contributed by atoms with E-state index in [1.54, 1.807) is 27.4 Å². The minimum Gasteiger partial charge on any atom is -0.493 e. The molecule has 3 aliphatic carbocycles. The second-order valence-corrected chi connectivity index (χ2v) is 13.6. The van der Waals surface area contributed by atoms with E-state index in [9.17, 15) is 9.59 Å². The number of rotatable bonds is 7. The Kier molecular flexibility index (Phi) is 8.31. The average molecular weight is 611 g/mol. The second-order valence-electron chi connectivity index (χ2n) is 13.6. The van der Waals surface area contributed by atoms with Gasteiger partial charge in [0.1, 0.15) is 0 Å². The fourth-order valence-electron chi connectivity index (χ4n) is 8.92. The van der Waals surface area contributed by atoms with E-state index >= 15 is 0 Å². The summed E-state index contributed by atoms with van der Waals surface area (Å²) in [5, 5.41) is 6.73. The summed E-state index contributed by atoms with van der Waals surface area (Å²) < 4.78 is 17.3. The van der Waals surface area contributed by atoms with Gasteiger partial charge in [0.25, 0.3) is 0 Å². The van der Waals surface area contributed by atoms with Crippen molar-refractivity contribution in [3.8, 4) is 28.4 Å². The third-order valence-corrected chi connectivity index (χ3v) is 11.0. The van der Waals surface area contributed by atoms with Crippen molar-refractivity contribution in [2.75, 3.05) is 33.2 Å². The molecule has 45 heavy (non-hydrogen) atoms. The van der Waals surface area contributed by atoms with E-state index in [2.05, 4.69) is 48.7 Å². The molecule has 238 valence electrons. The number of nitrogens with one attached hydrogen (secondary N) is 2. The van der Waals surface area contributed by atoms with Crippen molar-refractivity contribution >= 4 is 11.6 Å². The lowest BCUT2D eigenvalue weighted by atomic mass is 9.50. The zero-order chi connectivity index (χ0) is 31.9. The Balaban J connectivity index is 1.41. The number of anilines is 1. The van der Waals surface area contributed by atoms with Gasteiger partial charge in [0.15, 0.2) is 11.5 Å². The summed E-state index contributed by atoms with van der Waals surface area (Å²) >= 11 is 0. The smallest absolute Gasteiger partial charge is 0.217 e. The Morgan fingerprint density at radius 1 is 0.911 bits per heavy atom. The minimum atomic E-state index is -0.335. The minimum absolute atomic E-state index is 0.0386. The fraction of sp³-hybridized carbons (Fsp3) is 0.474. The van der Waals surface area contributed by atoms with Crippen molar-refractivity contribution in [1.82, 2.24) is 5.32 Å². The van der Waals surface area contributed by atoms with Crippen LogP contribution in [0.25, 0.3) is 11.1 Å². The Hall–Kier alpha value is -4.00. The quantitative estimate of drug-likeness (QED) is 0.300. The monoisotopic (exact) mass is 610 g/mol. The molecule has 0 aliphatic heterocycles. The van der Waals surface area contributed by atoms with Gasteiger partial charge >= 0.3 is 0 Å². The van der Waals surface area contributed by atoms with Crippen molar-refractivity contribution in [2.45, 2.75) is 77.2 Å². The molecule has 3 aliphatic rings. The van der Waals surface area contributed by atoms with Crippen LogP contribution in [0.5, 0.6) is 17.2 Å². The number of hydrogen-bond acceptors (Lipinski definition) is 6. The molecule has 3 aromatic carbocycles. The molecule has 0 radical (unpaired) electrons. The Bertz CT molecular complexity index is 1690. The molecule has 1 saturated carbocycles. The molecule has 2 N–H and O–H groups in total. The molecule has 0 heterocycles. The Morgan fingerprint density at radius 2 is 1.67 bits per heavy atom. The fourth-order valence-corrected chi connectivity index (χ4v) is 8.92. The highest BCUT2D eigenvalue weighted by Gasteiger charge is 2.51. The zero-order valence-electron chi connectivity index (χ0n) is 27.5. The van der Waals surface area contributed by atoms with Gasteiger partial charge in [0, 0.05) is 19.0 Å². The molecule has 7 nitrogen and oxygen atoms in total. The van der Waals surface area contributed by atoms with Gasteiger partial charge in [-0.25, -0.2) is 0 Å². The first-order chi connectivity index (χ1) is 21.6. The number of methoxy groups -OCH3 is 3. The van der Waals surface area contributed by atoms with Crippen LogP contribution in [-0.4, -0.2) is 33.8 Å². The van der Waals surface area contributed by atoms with Crippen molar-refractivity contribution in [3.63, 3.8) is 0 Å². The van der Waals surface area contributed by atoms with E-state index in [-0.39, 0.29) is 28.2 Å². The molecule has 4 atom stereocenters. The third kappa shape index (κ3) is 5.34. The molecule has 0 saturated heterocycles. The lowest BCUT2D eigenvalue weighted by Gasteiger charge is -2.55. The maximum absolute atomic E-state index is 14.0. The molecule has 0 aromatic heterocycles. The van der Waals surface area contributed by atoms with Gasteiger partial charge in [-0.15, -0.1) is 0 Å². The number of amides is 1. The molecule has 0 bridgehead atoms. The first kappa shape index (κ1) is 31.0. The topological polar surface area (TPSA) is 85.9 Å². The summed E-state index contributed by atoms with van der Waals surface area (Å²) in [5.41, 5.74) is 7.12. The summed E-state index contributed by atoms with van der Waals surface area (Å²) in [5.74, 6) is 2.01. The van der Waals surface area contributed by atoms with Crippen LogP contribution >= 0.6 is 0 Å². The summed E-state index contributed by atoms with van der Waals surface area (Å²) in [4.78, 5) is 26.3. The standard InChI is InChI=1S/C38H46N2O5/c1-23(41)40-29-15-12-25-20-32(43-4)35(44-5)36(45-6)34(25)26-14-16-30(31(42)21-27(26)29)39-22-37(2)18-9-19-38(3)28-11-8-7-10-24(28)13-17-33(37)38/h7-8,10-11,14,16,20-21,29,33H,9,12-13,15,17-19,22H2,1-6H3,(H,39,42)(H,40,41)/t29-,33-,37+,38-/m1/s1. The zero-order valence-corrected chi connectivity index (χ0v) is 27.5. The largest absolute Gasteiger partial charge is 0.493 e. The molecule has 1 fully saturated rings. The third-order valence-electron chi connectivity index (χ3n) is 11.0. The molecular formula is C38H46N2O5. The maximum Gasteiger partial charge on any atom is 0.217 e. The highest BCUT2D eigenvalue weighted by atomic mass is 16.5. The van der Waals surface area contributed by atoms with Crippen LogP contribution in [0.2, 0.25) is 0 Å². The normalized spacial score (nSPS) is 24.9. The van der Waals surface area contributed by atoms with E-state index < -0.39 is 0 Å². The number of fused-ring (bicyclic) bond motifs is 6. The number of carbonyl (C=O) groups excluding carboxylic acids is 1. The highest BCUT2D eigenvalue weighted by Crippen LogP contribution is 2.57. The molecular weight excluding hydrogens is 564 g/mol. The average Bonchev–Trinajstić information content (AvgIpc) is 3.27. The second kappa shape index (κ2) is 12.1. The van der Waals surface area contributed by atoms with E-state index in [1.807, 2.05) is 18.2 Å². The lowest BCUT2D eigenvalue weighted by molar-refractivity contribution is -0.119. The molecule has 1 amide bonds. The molecule has 7 heteroatoms. The predicted octanol–water partition coefficient (Wildman–Crippen LogP) is 6.99. The van der Waals surface area contributed by atoms with Crippen LogP contribution in [0.1, 0.15) is 81.2 Å². The molecule has 0 unspecified atom stereocenters. The summed E-state index contributed by atoms with van der Waals surface area (Å²) in [6.45, 7) is 7.11. The first-order valence-electron chi connectivity index (χ1n) is 16.2. The predicted molar refractivity (Wildman–Crippen MR) is 179 cm³/mol. The molecule has 0 spiro atoms. The van der Waals surface area contributed by atoms with Gasteiger partial charge < -0.3 is 24.8 Å². The summed E-state index contributed by atoms with van der Waals surface area (Å²) in [6, 6.07) is 16.2. The van der Waals surface area contributed by atoms with Crippen LogP contribution in [-0.2, 0) is 23.1 Å². The number of hydrogen-bond donors (Lipinski definition) is 2. The number of benzene rings is 2. The maximum atomic E-state index is 14.0. The van der Waals surface area contributed by atoms with E-state index in [1.165, 1.54) is 30.9 Å². The number of ether oxygens (including phenoxy) is 3. The Morgan fingerprint density at radius 3 is 2.40 bits per heavy atom. The van der Waals surface area contributed by atoms with Crippen LogP contribution in [0, 0.1) is 11.3 Å². The SMILES string of the molecule is COc1cc2c(c(OC)c1OC)-c1ccc(NC[C@]3(C)CCC[C@]4(C)c5ccccc5CC[C@H]34)c(=O)cc1[C@H](NC(C)=O)CC2. The number of carbonyl (C=O) groups is 1. The first-order valence-corrected chi connectivity index (χ1v) is 16.2. The van der Waals surface area contributed by atoms with Gasteiger partial charge in [-0.1, -0.05) is 50.6 Å². The van der Waals surface area contributed by atoms with Crippen LogP contribution < -0.4 is 30.3 Å². The van der Waals surface area contributed by atoms with Gasteiger partial charge in [-0.3, -0.25) is 9.59 Å². The highest BCUT2D eigenvalue weighted by molar-refractivity contribution is 5.83. The van der Waals surface area contributed by atoms with E-state index in [0.29, 0.717) is 41.7 Å². The van der Waals surface area contributed by atoms with Gasteiger partial charge in [-0.05, 0) is 101 Å². The van der Waals surface area contributed by atoms with Crippen molar-refractivity contribution in [1.29, 1.82) is 0 Å². The van der Waals surface area contributed by atoms with Crippen LogP contribution in [0.3, 0.4) is 0 Å². The van der Waals surface area contributed by atoms with Crippen molar-refractivity contribution in [2.24, 2.45) is 11.3 Å². The van der Waals surface area contributed by atoms with Crippen molar-refractivity contribution < 1.29 is 19.0 Å². The summed E-state index contributed by atoms with van der Waals surface area (Å²) in [7, 11) is 4.82. The van der Waals surface area contributed by atoms with E-state index in [4.69, 9.17) is 14.2 Å². The van der Waals surface area contributed by atoms with E-state index in [0.717, 1.165) is 48.1 Å². The van der Waals surface area contributed by atoms with Crippen LogP contribution in [0.4, 0.5) is 5.69 Å². The Labute approximate surface area is 266 Å².